The molecule has 0 unspecified atom stereocenters. The molecule has 2 N–H and O–H groups in total. The van der Waals surface area contributed by atoms with Crippen LogP contribution in [-0.4, -0.2) is 27.5 Å². The summed E-state index contributed by atoms with van der Waals surface area (Å²) in [7, 11) is -3.68. The Morgan fingerprint density at radius 3 is 2.13 bits per heavy atom. The van der Waals surface area contributed by atoms with Gasteiger partial charge in [0.25, 0.3) is 0 Å². The van der Waals surface area contributed by atoms with Gasteiger partial charge in [-0.25, -0.2) is 13.1 Å². The van der Waals surface area contributed by atoms with Crippen LogP contribution in [0, 0.1) is 0 Å². The lowest BCUT2D eigenvalue weighted by molar-refractivity contribution is -0.116. The van der Waals surface area contributed by atoms with Gasteiger partial charge in [-0.3, -0.25) is 4.79 Å². The highest BCUT2D eigenvalue weighted by Crippen LogP contribution is 2.21. The molecule has 3 aromatic carbocycles. The Morgan fingerprint density at radius 1 is 0.867 bits per heavy atom. The van der Waals surface area contributed by atoms with Crippen molar-refractivity contribution < 1.29 is 17.9 Å². The molecule has 0 saturated carbocycles. The average molecular weight is 425 g/mol. The maximum Gasteiger partial charge on any atom is 0.240 e. The van der Waals surface area contributed by atoms with E-state index >= 15 is 0 Å². The zero-order valence-corrected chi connectivity index (χ0v) is 17.5. The zero-order chi connectivity index (χ0) is 21.4. The fraction of sp³-hybridized carbons (Fsp3) is 0.174. The van der Waals surface area contributed by atoms with Gasteiger partial charge in [-0.2, -0.15) is 0 Å². The standard InChI is InChI=1S/C23H24N2O4S/c1-2-29-21-12-14-22(15-13-21)30(27,28)24-17-16-23(26)25-20-10-8-19(9-11-20)18-6-4-3-5-7-18/h3-15,24H,2,16-17H2,1H3,(H,25,26). The van der Waals surface area contributed by atoms with Crippen LogP contribution in [0.1, 0.15) is 13.3 Å². The predicted molar refractivity (Wildman–Crippen MR) is 118 cm³/mol. The summed E-state index contributed by atoms with van der Waals surface area (Å²) in [6.45, 7) is 2.37. The highest BCUT2D eigenvalue weighted by atomic mass is 32.2. The van der Waals surface area contributed by atoms with E-state index < -0.39 is 10.0 Å². The fourth-order valence-electron chi connectivity index (χ4n) is 2.86. The smallest absolute Gasteiger partial charge is 0.240 e. The van der Waals surface area contributed by atoms with Crippen molar-refractivity contribution in [2.24, 2.45) is 0 Å². The monoisotopic (exact) mass is 424 g/mol. The summed E-state index contributed by atoms with van der Waals surface area (Å²) in [4.78, 5) is 12.3. The largest absolute Gasteiger partial charge is 0.494 e. The Morgan fingerprint density at radius 2 is 1.50 bits per heavy atom. The summed E-state index contributed by atoms with van der Waals surface area (Å²) in [5.74, 6) is 0.339. The second-order valence-corrected chi connectivity index (χ2v) is 8.31. The van der Waals surface area contributed by atoms with Gasteiger partial charge in [0.05, 0.1) is 11.5 Å². The lowest BCUT2D eigenvalue weighted by atomic mass is 10.1. The lowest BCUT2D eigenvalue weighted by Crippen LogP contribution is -2.27. The number of rotatable bonds is 9. The van der Waals surface area contributed by atoms with Crippen LogP contribution in [0.15, 0.2) is 83.8 Å². The number of hydrogen-bond donors (Lipinski definition) is 2. The predicted octanol–water partition coefficient (Wildman–Crippen LogP) is 4.06. The Labute approximate surface area is 177 Å². The molecule has 0 aliphatic rings. The molecule has 3 aromatic rings. The van der Waals surface area contributed by atoms with Crippen LogP contribution in [0.25, 0.3) is 11.1 Å². The lowest BCUT2D eigenvalue weighted by Gasteiger charge is -2.09. The van der Waals surface area contributed by atoms with Gasteiger partial charge in [0.15, 0.2) is 0 Å². The van der Waals surface area contributed by atoms with Crippen LogP contribution < -0.4 is 14.8 Å². The van der Waals surface area contributed by atoms with Crippen molar-refractivity contribution in [2.45, 2.75) is 18.2 Å². The van der Waals surface area contributed by atoms with Gasteiger partial charge in [-0.05, 0) is 54.4 Å². The molecule has 6 nitrogen and oxygen atoms in total. The second kappa shape index (κ2) is 10.0. The van der Waals surface area contributed by atoms with Crippen LogP contribution in [0.2, 0.25) is 0 Å². The van der Waals surface area contributed by atoms with E-state index in [2.05, 4.69) is 10.0 Å². The van der Waals surface area contributed by atoms with Crippen molar-refractivity contribution in [2.75, 3.05) is 18.5 Å². The van der Waals surface area contributed by atoms with E-state index in [4.69, 9.17) is 4.74 Å². The maximum absolute atomic E-state index is 12.3. The molecular weight excluding hydrogens is 400 g/mol. The molecule has 0 bridgehead atoms. The summed E-state index contributed by atoms with van der Waals surface area (Å²) in [5, 5.41) is 2.78. The number of sulfonamides is 1. The van der Waals surface area contributed by atoms with Crippen LogP contribution in [0.5, 0.6) is 5.75 Å². The van der Waals surface area contributed by atoms with E-state index in [9.17, 15) is 13.2 Å². The molecule has 0 atom stereocenters. The molecule has 0 saturated heterocycles. The fourth-order valence-corrected chi connectivity index (χ4v) is 3.90. The third-order valence-electron chi connectivity index (χ3n) is 4.36. The minimum Gasteiger partial charge on any atom is -0.494 e. The van der Waals surface area contributed by atoms with E-state index in [1.165, 1.54) is 12.1 Å². The Balaban J connectivity index is 1.49. The molecule has 0 radical (unpaired) electrons. The number of anilines is 1. The van der Waals surface area contributed by atoms with Gasteiger partial charge in [-0.1, -0.05) is 42.5 Å². The first-order valence-electron chi connectivity index (χ1n) is 9.66. The first-order chi connectivity index (χ1) is 14.5. The third-order valence-corrected chi connectivity index (χ3v) is 5.84. The van der Waals surface area contributed by atoms with Crippen molar-refractivity contribution in [3.05, 3.63) is 78.9 Å². The Bertz CT molecular complexity index is 1060. The minimum atomic E-state index is -3.68. The molecular formula is C23H24N2O4S. The van der Waals surface area contributed by atoms with Crippen LogP contribution in [0.4, 0.5) is 5.69 Å². The van der Waals surface area contributed by atoms with E-state index in [0.717, 1.165) is 11.1 Å². The van der Waals surface area contributed by atoms with Crippen LogP contribution in [-0.2, 0) is 14.8 Å². The molecule has 3 rings (SSSR count). The van der Waals surface area contributed by atoms with E-state index in [1.54, 1.807) is 12.1 Å². The first kappa shape index (κ1) is 21.5. The number of carbonyl (C=O) groups is 1. The molecule has 0 aromatic heterocycles. The molecule has 30 heavy (non-hydrogen) atoms. The van der Waals surface area contributed by atoms with Gasteiger partial charge in [-0.15, -0.1) is 0 Å². The van der Waals surface area contributed by atoms with Gasteiger partial charge in [0.2, 0.25) is 15.9 Å². The Hall–Kier alpha value is -3.16. The van der Waals surface area contributed by atoms with Gasteiger partial charge in [0, 0.05) is 18.7 Å². The van der Waals surface area contributed by atoms with Crippen molar-refractivity contribution >= 4 is 21.6 Å². The first-order valence-corrected chi connectivity index (χ1v) is 11.1. The third kappa shape index (κ3) is 5.92. The number of amides is 1. The number of benzene rings is 3. The molecule has 0 fully saturated rings. The molecule has 156 valence electrons. The van der Waals surface area contributed by atoms with Gasteiger partial charge >= 0.3 is 0 Å². The van der Waals surface area contributed by atoms with Crippen molar-refractivity contribution in [3.63, 3.8) is 0 Å². The molecule has 0 spiro atoms. The molecule has 0 aliphatic carbocycles. The summed E-state index contributed by atoms with van der Waals surface area (Å²) in [5.41, 5.74) is 2.81. The van der Waals surface area contributed by atoms with Crippen LogP contribution >= 0.6 is 0 Å². The van der Waals surface area contributed by atoms with Crippen molar-refractivity contribution in [1.29, 1.82) is 0 Å². The SMILES string of the molecule is CCOc1ccc(S(=O)(=O)NCCC(=O)Nc2ccc(-c3ccccc3)cc2)cc1. The normalized spacial score (nSPS) is 11.1. The van der Waals surface area contributed by atoms with E-state index in [0.29, 0.717) is 18.0 Å². The van der Waals surface area contributed by atoms with Crippen LogP contribution in [0.3, 0.4) is 0 Å². The second-order valence-electron chi connectivity index (χ2n) is 6.54. The molecule has 0 aliphatic heterocycles. The molecule has 0 heterocycles. The highest BCUT2D eigenvalue weighted by Gasteiger charge is 2.14. The summed E-state index contributed by atoms with van der Waals surface area (Å²) >= 11 is 0. The van der Waals surface area contributed by atoms with Crippen molar-refractivity contribution in [1.82, 2.24) is 4.72 Å². The van der Waals surface area contributed by atoms with Gasteiger partial charge in [0.1, 0.15) is 5.75 Å². The van der Waals surface area contributed by atoms with E-state index in [1.807, 2.05) is 61.5 Å². The van der Waals surface area contributed by atoms with Gasteiger partial charge < -0.3 is 10.1 Å². The maximum atomic E-state index is 12.3. The minimum absolute atomic E-state index is 0.00345. The topological polar surface area (TPSA) is 84.5 Å². The van der Waals surface area contributed by atoms with E-state index in [-0.39, 0.29) is 23.8 Å². The number of nitrogens with one attached hydrogen (secondary N) is 2. The summed E-state index contributed by atoms with van der Waals surface area (Å²) in [6.07, 6.45) is 0.0245. The molecule has 1 amide bonds. The average Bonchev–Trinajstić information content (AvgIpc) is 2.75. The zero-order valence-electron chi connectivity index (χ0n) is 16.7. The quantitative estimate of drug-likeness (QED) is 0.543. The molecule has 7 heteroatoms. The number of hydrogen-bond acceptors (Lipinski definition) is 4. The summed E-state index contributed by atoms with van der Waals surface area (Å²) < 4.78 is 32.4. The van der Waals surface area contributed by atoms with Crippen molar-refractivity contribution in [3.8, 4) is 16.9 Å². The summed E-state index contributed by atoms with van der Waals surface area (Å²) in [6, 6.07) is 23.6. The number of carbonyl (C=O) groups excluding carboxylic acids is 1. The highest BCUT2D eigenvalue weighted by molar-refractivity contribution is 7.89. The Kier molecular flexibility index (Phi) is 7.21. The number of ether oxygens (including phenoxy) is 1.